The van der Waals surface area contributed by atoms with Crippen LogP contribution in [-0.2, 0) is 10.0 Å². The van der Waals surface area contributed by atoms with E-state index >= 15 is 0 Å². The number of nitrogens with one attached hydrogen (secondary N) is 1. The summed E-state index contributed by atoms with van der Waals surface area (Å²) < 4.78 is 22.6. The van der Waals surface area contributed by atoms with Gasteiger partial charge in [0.15, 0.2) is 0 Å². The summed E-state index contributed by atoms with van der Waals surface area (Å²) in [6.07, 6.45) is 0. The van der Waals surface area contributed by atoms with Crippen molar-refractivity contribution in [3.63, 3.8) is 0 Å². The number of hydrogen-bond donors (Lipinski definition) is 2. The van der Waals surface area contributed by atoms with E-state index in [1.54, 1.807) is 13.0 Å². The number of hydrogen-bond acceptors (Lipinski definition) is 3. The Balaban J connectivity index is 2.93. The first kappa shape index (κ1) is 16.7. The van der Waals surface area contributed by atoms with Crippen molar-refractivity contribution >= 4 is 15.9 Å². The fraction of sp³-hybridized carbons (Fsp3) is 0.500. The topological polar surface area (TPSA) is 89.3 Å². The van der Waals surface area contributed by atoms with Gasteiger partial charge in [0.1, 0.15) is 0 Å². The first-order valence-corrected chi connectivity index (χ1v) is 8.09. The Bertz CT molecular complexity index is 594. The summed E-state index contributed by atoms with van der Waals surface area (Å²) >= 11 is 0. The Morgan fingerprint density at radius 2 is 1.90 bits per heavy atom. The minimum Gasteiger partial charge on any atom is -0.352 e. The first-order chi connectivity index (χ1) is 9.12. The highest BCUT2D eigenvalue weighted by molar-refractivity contribution is 7.89. The van der Waals surface area contributed by atoms with Crippen molar-refractivity contribution in [1.82, 2.24) is 5.32 Å². The van der Waals surface area contributed by atoms with E-state index in [1.165, 1.54) is 12.1 Å². The Morgan fingerprint density at radius 3 is 2.40 bits per heavy atom. The van der Waals surface area contributed by atoms with Crippen molar-refractivity contribution < 1.29 is 13.2 Å². The molecule has 0 bridgehead atoms. The molecule has 0 heterocycles. The third-order valence-corrected chi connectivity index (χ3v) is 4.42. The molecule has 1 atom stereocenters. The lowest BCUT2D eigenvalue weighted by Gasteiger charge is -2.16. The third kappa shape index (κ3) is 4.31. The lowest BCUT2D eigenvalue weighted by Crippen LogP contribution is -2.30. The molecule has 6 heteroatoms. The summed E-state index contributed by atoms with van der Waals surface area (Å²) in [6, 6.07) is 4.30. The zero-order chi connectivity index (χ0) is 15.5. The number of aryl methyl sites for hydroxylation is 1. The second-order valence-corrected chi connectivity index (χ2v) is 7.01. The zero-order valence-corrected chi connectivity index (χ0v) is 13.1. The predicted molar refractivity (Wildman–Crippen MR) is 78.9 cm³/mol. The molecular weight excluding hydrogens is 276 g/mol. The van der Waals surface area contributed by atoms with E-state index in [0.29, 0.717) is 29.5 Å². The van der Waals surface area contributed by atoms with E-state index in [2.05, 4.69) is 26.1 Å². The maximum atomic E-state index is 12.1. The Kier molecular flexibility index (Phi) is 5.30. The van der Waals surface area contributed by atoms with Crippen molar-refractivity contribution in [1.29, 1.82) is 0 Å². The molecule has 1 unspecified atom stereocenters. The maximum Gasteiger partial charge on any atom is 0.251 e. The van der Waals surface area contributed by atoms with Gasteiger partial charge in [0, 0.05) is 12.1 Å². The first-order valence-electron chi connectivity index (χ1n) is 6.54. The number of amides is 1. The normalized spacial score (nSPS) is 13.3. The maximum absolute atomic E-state index is 12.1. The molecule has 3 N–H and O–H groups in total. The molecule has 0 aliphatic rings. The zero-order valence-electron chi connectivity index (χ0n) is 12.3. The number of benzene rings is 1. The SMILES string of the molecule is Cc1ccc(S(N)(=O)=O)cc1C(=O)NCC(C)C(C)C. The highest BCUT2D eigenvalue weighted by Gasteiger charge is 2.16. The van der Waals surface area contributed by atoms with Crippen LogP contribution in [0.25, 0.3) is 0 Å². The summed E-state index contributed by atoms with van der Waals surface area (Å²) in [4.78, 5) is 12.1. The van der Waals surface area contributed by atoms with Crippen LogP contribution < -0.4 is 10.5 Å². The largest absolute Gasteiger partial charge is 0.352 e. The van der Waals surface area contributed by atoms with E-state index in [4.69, 9.17) is 5.14 Å². The molecule has 112 valence electrons. The van der Waals surface area contributed by atoms with Gasteiger partial charge in [0.05, 0.1) is 4.90 Å². The van der Waals surface area contributed by atoms with Crippen LogP contribution in [0.5, 0.6) is 0 Å². The molecule has 1 rings (SSSR count). The number of carbonyl (C=O) groups is 1. The monoisotopic (exact) mass is 298 g/mol. The summed E-state index contributed by atoms with van der Waals surface area (Å²) in [6.45, 7) is 8.54. The quantitative estimate of drug-likeness (QED) is 0.866. The van der Waals surface area contributed by atoms with Crippen LogP contribution in [-0.4, -0.2) is 20.9 Å². The predicted octanol–water partition coefficient (Wildman–Crippen LogP) is 1.66. The summed E-state index contributed by atoms with van der Waals surface area (Å²) in [5.41, 5.74) is 1.06. The minimum atomic E-state index is -3.80. The van der Waals surface area contributed by atoms with Crippen LogP contribution >= 0.6 is 0 Å². The second-order valence-electron chi connectivity index (χ2n) is 5.45. The van der Waals surface area contributed by atoms with Crippen molar-refractivity contribution in [3.05, 3.63) is 29.3 Å². The van der Waals surface area contributed by atoms with Crippen molar-refractivity contribution in [3.8, 4) is 0 Å². The number of sulfonamides is 1. The van der Waals surface area contributed by atoms with E-state index in [1.807, 2.05) is 0 Å². The highest BCUT2D eigenvalue weighted by Crippen LogP contribution is 2.15. The van der Waals surface area contributed by atoms with Gasteiger partial charge in [-0.05, 0) is 36.5 Å². The molecule has 0 aliphatic heterocycles. The van der Waals surface area contributed by atoms with Crippen LogP contribution in [0.3, 0.4) is 0 Å². The molecule has 0 aliphatic carbocycles. The molecule has 0 spiro atoms. The van der Waals surface area contributed by atoms with Gasteiger partial charge in [-0.2, -0.15) is 0 Å². The van der Waals surface area contributed by atoms with Gasteiger partial charge in [-0.15, -0.1) is 0 Å². The lowest BCUT2D eigenvalue weighted by atomic mass is 9.98. The highest BCUT2D eigenvalue weighted by atomic mass is 32.2. The van der Waals surface area contributed by atoms with Gasteiger partial charge >= 0.3 is 0 Å². The van der Waals surface area contributed by atoms with Crippen LogP contribution in [0.4, 0.5) is 0 Å². The van der Waals surface area contributed by atoms with E-state index < -0.39 is 10.0 Å². The van der Waals surface area contributed by atoms with Crippen LogP contribution in [0, 0.1) is 18.8 Å². The molecule has 0 aromatic heterocycles. The second kappa shape index (κ2) is 6.37. The molecular formula is C14H22N2O3S. The van der Waals surface area contributed by atoms with E-state index in [9.17, 15) is 13.2 Å². The lowest BCUT2D eigenvalue weighted by molar-refractivity contribution is 0.0944. The summed E-state index contributed by atoms with van der Waals surface area (Å²) in [5, 5.41) is 7.90. The average molecular weight is 298 g/mol. The van der Waals surface area contributed by atoms with Gasteiger partial charge in [0.25, 0.3) is 5.91 Å². The molecule has 1 amide bonds. The van der Waals surface area contributed by atoms with Crippen molar-refractivity contribution in [2.24, 2.45) is 17.0 Å². The number of primary sulfonamides is 1. The summed E-state index contributed by atoms with van der Waals surface area (Å²) in [7, 11) is -3.80. The summed E-state index contributed by atoms with van der Waals surface area (Å²) in [5.74, 6) is 0.535. The third-order valence-electron chi connectivity index (χ3n) is 3.50. The van der Waals surface area contributed by atoms with E-state index in [-0.39, 0.29) is 10.8 Å². The molecule has 0 fully saturated rings. The molecule has 0 saturated heterocycles. The molecule has 1 aromatic rings. The van der Waals surface area contributed by atoms with Crippen molar-refractivity contribution in [2.75, 3.05) is 6.54 Å². The van der Waals surface area contributed by atoms with Crippen LogP contribution in [0.2, 0.25) is 0 Å². The van der Waals surface area contributed by atoms with Crippen LogP contribution in [0.1, 0.15) is 36.7 Å². The minimum absolute atomic E-state index is 0.0508. The average Bonchev–Trinajstić information content (AvgIpc) is 2.34. The standard InChI is InChI=1S/C14H22N2O3S/c1-9(2)11(4)8-16-14(17)13-7-12(20(15,18)19)6-5-10(13)3/h5-7,9,11H,8H2,1-4H3,(H,16,17)(H2,15,18,19). The van der Waals surface area contributed by atoms with Crippen molar-refractivity contribution in [2.45, 2.75) is 32.6 Å². The molecule has 20 heavy (non-hydrogen) atoms. The van der Waals surface area contributed by atoms with Crippen LogP contribution in [0.15, 0.2) is 23.1 Å². The smallest absolute Gasteiger partial charge is 0.251 e. The van der Waals surface area contributed by atoms with Gasteiger partial charge in [-0.1, -0.05) is 26.8 Å². The van der Waals surface area contributed by atoms with Gasteiger partial charge in [-0.3, -0.25) is 4.79 Å². The van der Waals surface area contributed by atoms with Gasteiger partial charge < -0.3 is 5.32 Å². The number of carbonyl (C=O) groups excluding carboxylic acids is 1. The van der Waals surface area contributed by atoms with Gasteiger partial charge in [0.2, 0.25) is 10.0 Å². The fourth-order valence-electron chi connectivity index (χ4n) is 1.61. The fourth-order valence-corrected chi connectivity index (χ4v) is 2.15. The van der Waals surface area contributed by atoms with E-state index in [0.717, 1.165) is 0 Å². The Morgan fingerprint density at radius 1 is 1.30 bits per heavy atom. The Hall–Kier alpha value is -1.40. The number of nitrogens with two attached hydrogens (primary N) is 1. The number of rotatable bonds is 5. The molecule has 0 saturated carbocycles. The molecule has 0 radical (unpaired) electrons. The molecule has 1 aromatic carbocycles. The van der Waals surface area contributed by atoms with Gasteiger partial charge in [-0.25, -0.2) is 13.6 Å². The Labute approximate surface area is 120 Å². The molecule has 5 nitrogen and oxygen atoms in total.